The summed E-state index contributed by atoms with van der Waals surface area (Å²) in [6.45, 7) is 6.38. The third kappa shape index (κ3) is 40.9. The second-order valence-electron chi connectivity index (χ2n) is 17.2. The first-order chi connectivity index (χ1) is 28.0. The van der Waals surface area contributed by atoms with Crippen molar-refractivity contribution in [3.63, 3.8) is 0 Å². The highest BCUT2D eigenvalue weighted by atomic mass is 16.5. The van der Waals surface area contributed by atoms with E-state index in [0.29, 0.717) is 19.3 Å². The summed E-state index contributed by atoms with van der Waals surface area (Å²) in [4.78, 5) is 26.1. The van der Waals surface area contributed by atoms with Gasteiger partial charge in [0, 0.05) is 6.42 Å². The Bertz CT molecular complexity index is 904. The molecule has 0 fully saturated rings. The maximum Gasteiger partial charge on any atom is 0.306 e. The van der Waals surface area contributed by atoms with Crippen LogP contribution in [-0.4, -0.2) is 46.9 Å². The Hall–Kier alpha value is -1.66. The van der Waals surface area contributed by atoms with Crippen LogP contribution in [0.3, 0.4) is 0 Å². The highest BCUT2D eigenvalue weighted by Crippen LogP contribution is 2.18. The predicted octanol–water partition coefficient (Wildman–Crippen LogP) is 14.7. The van der Waals surface area contributed by atoms with Crippen molar-refractivity contribution in [3.8, 4) is 0 Å². The van der Waals surface area contributed by atoms with E-state index >= 15 is 0 Å². The topological polar surface area (TPSA) is 95.9 Å². The highest BCUT2D eigenvalue weighted by Gasteiger charge is 2.24. The molecule has 0 spiro atoms. The lowest BCUT2D eigenvalue weighted by molar-refractivity contribution is -0.151. The quantitative estimate of drug-likeness (QED) is 0.0324. The van der Waals surface area contributed by atoms with E-state index in [2.05, 4.69) is 50.4 Å². The molecule has 3 atom stereocenters. The van der Waals surface area contributed by atoms with Gasteiger partial charge in [-0.15, -0.1) is 0 Å². The third-order valence-corrected chi connectivity index (χ3v) is 11.5. The number of hydrogen-bond donors (Lipinski definition) is 3. The first-order valence-electron chi connectivity index (χ1n) is 25.1. The molecular formula is C51H97NO5. The van der Waals surface area contributed by atoms with Crippen LogP contribution < -0.4 is 5.32 Å². The number of allylic oxidation sites excluding steroid dienone is 4. The van der Waals surface area contributed by atoms with Gasteiger partial charge in [-0.05, 0) is 51.4 Å². The summed E-state index contributed by atoms with van der Waals surface area (Å²) in [5, 5.41) is 23.7. The lowest BCUT2D eigenvalue weighted by atomic mass is 10.0. The number of esters is 1. The van der Waals surface area contributed by atoms with Crippen LogP contribution in [0.4, 0.5) is 0 Å². The van der Waals surface area contributed by atoms with Crippen LogP contribution in [0.2, 0.25) is 0 Å². The molecule has 336 valence electrons. The molecule has 0 aliphatic carbocycles. The average Bonchev–Trinajstić information content (AvgIpc) is 3.20. The van der Waals surface area contributed by atoms with E-state index in [1.807, 2.05) is 0 Å². The lowest BCUT2D eigenvalue weighted by Crippen LogP contribution is -2.46. The van der Waals surface area contributed by atoms with Crippen molar-refractivity contribution in [1.82, 2.24) is 5.32 Å². The fourth-order valence-corrected chi connectivity index (χ4v) is 7.76. The largest absolute Gasteiger partial charge is 0.462 e. The van der Waals surface area contributed by atoms with Crippen LogP contribution in [0.5, 0.6) is 0 Å². The summed E-state index contributed by atoms with van der Waals surface area (Å²) < 4.78 is 5.92. The van der Waals surface area contributed by atoms with Crippen molar-refractivity contribution < 1.29 is 24.5 Å². The number of unbranched alkanes of at least 4 members (excludes halogenated alkanes) is 29. The zero-order valence-electron chi connectivity index (χ0n) is 38.2. The number of aliphatic hydroxyl groups excluding tert-OH is 2. The minimum atomic E-state index is -0.783. The van der Waals surface area contributed by atoms with Crippen molar-refractivity contribution in [2.24, 2.45) is 0 Å². The van der Waals surface area contributed by atoms with Gasteiger partial charge in [0.25, 0.3) is 0 Å². The number of carbonyl (C=O) groups excluding carboxylic acids is 2. The predicted molar refractivity (Wildman–Crippen MR) is 246 cm³/mol. The molecule has 0 aliphatic heterocycles. The van der Waals surface area contributed by atoms with E-state index < -0.39 is 18.2 Å². The Morgan fingerprint density at radius 2 is 0.947 bits per heavy atom. The fraction of sp³-hybridized carbons (Fsp3) is 0.882. The molecule has 3 N–H and O–H groups in total. The van der Waals surface area contributed by atoms with Crippen LogP contribution in [0.15, 0.2) is 24.3 Å². The van der Waals surface area contributed by atoms with Crippen LogP contribution in [0.1, 0.15) is 265 Å². The van der Waals surface area contributed by atoms with Gasteiger partial charge >= 0.3 is 5.97 Å². The SMILES string of the molecule is CC/C=C/C/C=C/CCCCCCCCCC(=O)OC(CCCCCCCCCCCCCC)CC(=O)NC(CO)C(O)CCCCCCCCCCCCCC. The molecule has 3 unspecified atom stereocenters. The number of nitrogens with one attached hydrogen (secondary N) is 1. The van der Waals surface area contributed by atoms with Crippen LogP contribution in [0.25, 0.3) is 0 Å². The summed E-state index contributed by atoms with van der Waals surface area (Å²) in [5.41, 5.74) is 0. The molecule has 0 radical (unpaired) electrons. The molecule has 0 saturated carbocycles. The van der Waals surface area contributed by atoms with Crippen molar-refractivity contribution >= 4 is 11.9 Å². The Balaban J connectivity index is 4.54. The first kappa shape index (κ1) is 55.3. The Labute approximate surface area is 354 Å². The van der Waals surface area contributed by atoms with Crippen molar-refractivity contribution in [2.45, 2.75) is 283 Å². The molecular weight excluding hydrogens is 707 g/mol. The van der Waals surface area contributed by atoms with E-state index in [-0.39, 0.29) is 24.9 Å². The van der Waals surface area contributed by atoms with E-state index in [4.69, 9.17) is 4.74 Å². The van der Waals surface area contributed by atoms with Crippen LogP contribution in [-0.2, 0) is 14.3 Å². The summed E-state index contributed by atoms with van der Waals surface area (Å²) in [6.07, 6.45) is 50.9. The number of amides is 1. The van der Waals surface area contributed by atoms with E-state index in [0.717, 1.165) is 64.2 Å². The summed E-state index contributed by atoms with van der Waals surface area (Å²) >= 11 is 0. The standard InChI is InChI=1S/C51H97NO5/c1-4-7-10-13-16-19-22-25-26-29-32-35-38-41-44-51(56)57-47(42-39-36-33-30-27-23-20-17-14-11-8-5-2)45-50(55)52-48(46-53)49(54)43-40-37-34-31-28-24-21-18-15-12-9-6-3/h7,10,16,19,47-49,53-54H,4-6,8-9,11-15,17-18,20-46H2,1-3H3,(H,52,55)/b10-7+,19-16+. The monoisotopic (exact) mass is 804 g/mol. The van der Waals surface area contributed by atoms with Crippen LogP contribution >= 0.6 is 0 Å². The normalized spacial score (nSPS) is 13.4. The molecule has 6 heteroatoms. The molecule has 1 amide bonds. The number of carbonyl (C=O) groups is 2. The number of hydrogen-bond acceptors (Lipinski definition) is 5. The highest BCUT2D eigenvalue weighted by molar-refractivity contribution is 5.77. The molecule has 0 bridgehead atoms. The molecule has 0 aliphatic rings. The summed E-state index contributed by atoms with van der Waals surface area (Å²) in [7, 11) is 0. The molecule has 6 nitrogen and oxygen atoms in total. The molecule has 0 aromatic rings. The lowest BCUT2D eigenvalue weighted by Gasteiger charge is -2.24. The second kappa shape index (κ2) is 45.4. The minimum Gasteiger partial charge on any atom is -0.462 e. The Morgan fingerprint density at radius 3 is 1.42 bits per heavy atom. The van der Waals surface area contributed by atoms with Crippen LogP contribution in [0, 0.1) is 0 Å². The number of ether oxygens (including phenoxy) is 1. The minimum absolute atomic E-state index is 0.0796. The smallest absolute Gasteiger partial charge is 0.306 e. The van der Waals surface area contributed by atoms with E-state index in [9.17, 15) is 19.8 Å². The van der Waals surface area contributed by atoms with Gasteiger partial charge < -0.3 is 20.3 Å². The van der Waals surface area contributed by atoms with Gasteiger partial charge in [-0.2, -0.15) is 0 Å². The van der Waals surface area contributed by atoms with Gasteiger partial charge in [-0.3, -0.25) is 9.59 Å². The van der Waals surface area contributed by atoms with Gasteiger partial charge in [-0.25, -0.2) is 0 Å². The molecule has 0 aromatic carbocycles. The van der Waals surface area contributed by atoms with Crippen molar-refractivity contribution in [1.29, 1.82) is 0 Å². The second-order valence-corrected chi connectivity index (χ2v) is 17.2. The van der Waals surface area contributed by atoms with Gasteiger partial charge in [-0.1, -0.05) is 225 Å². The van der Waals surface area contributed by atoms with E-state index in [1.165, 1.54) is 154 Å². The fourth-order valence-electron chi connectivity index (χ4n) is 7.76. The summed E-state index contributed by atoms with van der Waals surface area (Å²) in [6, 6.07) is -0.697. The number of rotatable bonds is 45. The zero-order chi connectivity index (χ0) is 41.7. The zero-order valence-corrected chi connectivity index (χ0v) is 38.2. The van der Waals surface area contributed by atoms with Gasteiger partial charge in [0.15, 0.2) is 0 Å². The molecule has 57 heavy (non-hydrogen) atoms. The maximum atomic E-state index is 13.2. The third-order valence-electron chi connectivity index (χ3n) is 11.5. The Morgan fingerprint density at radius 1 is 0.526 bits per heavy atom. The maximum absolute atomic E-state index is 13.2. The van der Waals surface area contributed by atoms with Crippen molar-refractivity contribution in [3.05, 3.63) is 24.3 Å². The molecule has 0 aromatic heterocycles. The Kier molecular flexibility index (Phi) is 44.1. The molecule has 0 rings (SSSR count). The number of aliphatic hydroxyl groups is 2. The van der Waals surface area contributed by atoms with Gasteiger partial charge in [0.2, 0.25) is 5.91 Å². The van der Waals surface area contributed by atoms with Gasteiger partial charge in [0.1, 0.15) is 6.10 Å². The first-order valence-corrected chi connectivity index (χ1v) is 25.1. The summed E-state index contributed by atoms with van der Waals surface area (Å²) in [5.74, 6) is -0.471. The van der Waals surface area contributed by atoms with Crippen molar-refractivity contribution in [2.75, 3.05) is 6.61 Å². The van der Waals surface area contributed by atoms with Gasteiger partial charge in [0.05, 0.1) is 25.2 Å². The molecule has 0 heterocycles. The van der Waals surface area contributed by atoms with E-state index in [1.54, 1.807) is 0 Å². The average molecular weight is 804 g/mol. The molecule has 0 saturated heterocycles.